The standard InChI is InChI=1S/C14H20BrN3O3S/c1-22(20,21)17-13-3-2-8-18(9-13)10-14(19)16-12-6-4-11(15)5-7-12/h4-7,13,17H,2-3,8-10H2,1H3,(H,16,19). The minimum absolute atomic E-state index is 0.0951. The first-order valence-electron chi connectivity index (χ1n) is 7.07. The number of rotatable bonds is 5. The summed E-state index contributed by atoms with van der Waals surface area (Å²) in [7, 11) is -3.21. The maximum absolute atomic E-state index is 12.1. The summed E-state index contributed by atoms with van der Waals surface area (Å²) < 4.78 is 26.1. The van der Waals surface area contributed by atoms with Gasteiger partial charge >= 0.3 is 0 Å². The number of hydrogen-bond acceptors (Lipinski definition) is 4. The summed E-state index contributed by atoms with van der Waals surface area (Å²) in [6, 6.07) is 7.26. The fourth-order valence-corrected chi connectivity index (χ4v) is 3.60. The Kier molecular flexibility index (Phi) is 5.96. The molecule has 6 nitrogen and oxygen atoms in total. The summed E-state index contributed by atoms with van der Waals surface area (Å²) in [6.07, 6.45) is 2.84. The largest absolute Gasteiger partial charge is 0.325 e. The summed E-state index contributed by atoms with van der Waals surface area (Å²) in [4.78, 5) is 14.0. The molecule has 1 unspecified atom stereocenters. The lowest BCUT2D eigenvalue weighted by Crippen LogP contribution is -2.49. The zero-order chi connectivity index (χ0) is 16.2. The summed E-state index contributed by atoms with van der Waals surface area (Å²) in [5, 5.41) is 2.84. The molecule has 1 atom stereocenters. The van der Waals surface area contributed by atoms with Crippen LogP contribution >= 0.6 is 15.9 Å². The van der Waals surface area contributed by atoms with Crippen LogP contribution in [-0.2, 0) is 14.8 Å². The lowest BCUT2D eigenvalue weighted by Gasteiger charge is -2.32. The van der Waals surface area contributed by atoms with E-state index >= 15 is 0 Å². The van der Waals surface area contributed by atoms with E-state index in [1.165, 1.54) is 0 Å². The molecule has 1 amide bonds. The van der Waals surface area contributed by atoms with E-state index < -0.39 is 10.0 Å². The molecule has 1 aromatic rings. The van der Waals surface area contributed by atoms with Gasteiger partial charge in [0.25, 0.3) is 0 Å². The SMILES string of the molecule is CS(=O)(=O)NC1CCCN(CC(=O)Nc2ccc(Br)cc2)C1. The number of piperidine rings is 1. The van der Waals surface area contributed by atoms with Crippen molar-refractivity contribution in [3.05, 3.63) is 28.7 Å². The van der Waals surface area contributed by atoms with Gasteiger partial charge in [-0.1, -0.05) is 15.9 Å². The number of nitrogens with zero attached hydrogens (tertiary/aromatic N) is 1. The Morgan fingerprint density at radius 2 is 2.05 bits per heavy atom. The number of nitrogens with one attached hydrogen (secondary N) is 2. The van der Waals surface area contributed by atoms with Crippen LogP contribution in [0.25, 0.3) is 0 Å². The van der Waals surface area contributed by atoms with E-state index in [0.717, 1.165) is 35.8 Å². The van der Waals surface area contributed by atoms with Gasteiger partial charge in [-0.25, -0.2) is 13.1 Å². The first-order chi connectivity index (χ1) is 10.3. The molecule has 1 heterocycles. The fourth-order valence-electron chi connectivity index (χ4n) is 2.53. The van der Waals surface area contributed by atoms with Gasteiger partial charge in [-0.2, -0.15) is 0 Å². The molecule has 1 fully saturated rings. The quantitative estimate of drug-likeness (QED) is 0.797. The van der Waals surface area contributed by atoms with Crippen molar-refractivity contribution in [3.63, 3.8) is 0 Å². The number of sulfonamides is 1. The smallest absolute Gasteiger partial charge is 0.238 e. The van der Waals surface area contributed by atoms with E-state index in [9.17, 15) is 13.2 Å². The minimum Gasteiger partial charge on any atom is -0.325 e. The summed E-state index contributed by atoms with van der Waals surface area (Å²) in [5.74, 6) is -0.0951. The van der Waals surface area contributed by atoms with Crippen LogP contribution in [0, 0.1) is 0 Å². The molecule has 122 valence electrons. The zero-order valence-corrected chi connectivity index (χ0v) is 14.8. The van der Waals surface area contributed by atoms with Crippen LogP contribution < -0.4 is 10.0 Å². The van der Waals surface area contributed by atoms with Gasteiger partial charge in [0.1, 0.15) is 0 Å². The maximum atomic E-state index is 12.1. The number of carbonyl (C=O) groups excluding carboxylic acids is 1. The number of hydrogen-bond donors (Lipinski definition) is 2. The lowest BCUT2D eigenvalue weighted by atomic mass is 10.1. The van der Waals surface area contributed by atoms with Gasteiger partial charge in [-0.05, 0) is 43.7 Å². The molecular formula is C14H20BrN3O3S. The van der Waals surface area contributed by atoms with Gasteiger partial charge in [0, 0.05) is 22.7 Å². The highest BCUT2D eigenvalue weighted by Gasteiger charge is 2.23. The molecular weight excluding hydrogens is 370 g/mol. The number of likely N-dealkylation sites (tertiary alicyclic amines) is 1. The second kappa shape index (κ2) is 7.54. The van der Waals surface area contributed by atoms with E-state index in [1.807, 2.05) is 29.2 Å². The van der Waals surface area contributed by atoms with Crippen molar-refractivity contribution in [2.24, 2.45) is 0 Å². The van der Waals surface area contributed by atoms with Crippen molar-refractivity contribution >= 4 is 37.5 Å². The van der Waals surface area contributed by atoms with Crippen LogP contribution in [0.3, 0.4) is 0 Å². The third kappa shape index (κ3) is 6.04. The molecule has 2 N–H and O–H groups in total. The predicted molar refractivity (Wildman–Crippen MR) is 90.2 cm³/mol. The van der Waals surface area contributed by atoms with Gasteiger partial charge in [0.2, 0.25) is 15.9 Å². The zero-order valence-electron chi connectivity index (χ0n) is 12.4. The minimum atomic E-state index is -3.21. The Morgan fingerprint density at radius 1 is 1.36 bits per heavy atom. The average Bonchev–Trinajstić information content (AvgIpc) is 2.40. The Labute approximate surface area is 139 Å². The van der Waals surface area contributed by atoms with Crippen molar-refractivity contribution in [1.29, 1.82) is 0 Å². The van der Waals surface area contributed by atoms with E-state index in [4.69, 9.17) is 0 Å². The normalized spacial score (nSPS) is 19.8. The van der Waals surface area contributed by atoms with Crippen molar-refractivity contribution in [3.8, 4) is 0 Å². The van der Waals surface area contributed by atoms with Crippen LogP contribution in [0.2, 0.25) is 0 Å². The van der Waals surface area contributed by atoms with Crippen molar-refractivity contribution in [2.45, 2.75) is 18.9 Å². The fraction of sp³-hybridized carbons (Fsp3) is 0.500. The summed E-state index contributed by atoms with van der Waals surface area (Å²) in [6.45, 7) is 1.62. The Bertz CT molecular complexity index is 619. The Hall–Kier alpha value is -0.960. The average molecular weight is 390 g/mol. The first kappa shape index (κ1) is 17.4. The van der Waals surface area contributed by atoms with Crippen LogP contribution in [0.5, 0.6) is 0 Å². The van der Waals surface area contributed by atoms with E-state index in [1.54, 1.807) is 0 Å². The first-order valence-corrected chi connectivity index (χ1v) is 9.75. The van der Waals surface area contributed by atoms with Crippen LogP contribution in [0.4, 0.5) is 5.69 Å². The summed E-state index contributed by atoms with van der Waals surface area (Å²) in [5.41, 5.74) is 0.746. The second-order valence-electron chi connectivity index (χ2n) is 5.52. The Balaban J connectivity index is 1.84. The molecule has 0 saturated carbocycles. The third-order valence-corrected chi connectivity index (χ3v) is 4.67. The number of anilines is 1. The molecule has 0 radical (unpaired) electrons. The van der Waals surface area contributed by atoms with Gasteiger partial charge < -0.3 is 5.32 Å². The predicted octanol–water partition coefficient (Wildman–Crippen LogP) is 1.40. The highest BCUT2D eigenvalue weighted by Crippen LogP contribution is 2.15. The monoisotopic (exact) mass is 389 g/mol. The highest BCUT2D eigenvalue weighted by molar-refractivity contribution is 9.10. The van der Waals surface area contributed by atoms with Crippen LogP contribution in [0.1, 0.15) is 12.8 Å². The van der Waals surface area contributed by atoms with Gasteiger partial charge in [-0.3, -0.25) is 9.69 Å². The van der Waals surface area contributed by atoms with Gasteiger partial charge in [-0.15, -0.1) is 0 Å². The van der Waals surface area contributed by atoms with E-state index in [-0.39, 0.29) is 18.5 Å². The third-order valence-electron chi connectivity index (χ3n) is 3.38. The molecule has 22 heavy (non-hydrogen) atoms. The van der Waals surface area contributed by atoms with Crippen molar-refractivity contribution < 1.29 is 13.2 Å². The highest BCUT2D eigenvalue weighted by atomic mass is 79.9. The number of carbonyl (C=O) groups is 1. The molecule has 1 aliphatic heterocycles. The molecule has 0 aliphatic carbocycles. The molecule has 1 saturated heterocycles. The summed E-state index contributed by atoms with van der Waals surface area (Å²) >= 11 is 3.34. The van der Waals surface area contributed by atoms with Gasteiger partial charge in [0.05, 0.1) is 12.8 Å². The number of amides is 1. The Morgan fingerprint density at radius 3 is 2.68 bits per heavy atom. The molecule has 0 spiro atoms. The molecule has 0 bridgehead atoms. The van der Waals surface area contributed by atoms with E-state index in [2.05, 4.69) is 26.0 Å². The number of halogens is 1. The van der Waals surface area contributed by atoms with Crippen LogP contribution in [0.15, 0.2) is 28.7 Å². The molecule has 1 aromatic carbocycles. The lowest BCUT2D eigenvalue weighted by molar-refractivity contribution is -0.117. The van der Waals surface area contributed by atoms with Crippen molar-refractivity contribution in [2.75, 3.05) is 31.2 Å². The van der Waals surface area contributed by atoms with Crippen LogP contribution in [-0.4, -0.2) is 51.2 Å². The van der Waals surface area contributed by atoms with Crippen molar-refractivity contribution in [1.82, 2.24) is 9.62 Å². The topological polar surface area (TPSA) is 78.5 Å². The van der Waals surface area contributed by atoms with E-state index in [0.29, 0.717) is 6.54 Å². The maximum Gasteiger partial charge on any atom is 0.238 e. The molecule has 2 rings (SSSR count). The molecule has 8 heteroatoms. The second-order valence-corrected chi connectivity index (χ2v) is 8.22. The molecule has 1 aliphatic rings. The molecule has 0 aromatic heterocycles. The number of benzene rings is 1. The van der Waals surface area contributed by atoms with Gasteiger partial charge in [0.15, 0.2) is 0 Å².